The summed E-state index contributed by atoms with van der Waals surface area (Å²) in [5.74, 6) is 0.856. The molecule has 0 saturated carbocycles. The molecule has 0 spiro atoms. The van der Waals surface area contributed by atoms with Crippen LogP contribution in [0.1, 0.15) is 22.7 Å². The molecule has 0 saturated heterocycles. The van der Waals surface area contributed by atoms with Gasteiger partial charge in [0.05, 0.1) is 21.2 Å². The van der Waals surface area contributed by atoms with Gasteiger partial charge in [0.2, 0.25) is 0 Å². The number of quaternary nitrogens is 2. The Morgan fingerprint density at radius 2 is 1.89 bits per heavy atom. The summed E-state index contributed by atoms with van der Waals surface area (Å²) in [5.41, 5.74) is 3.35. The smallest absolute Gasteiger partial charge is 0.336 e. The normalized spacial score (nSPS) is 12.5. The number of nitrogens with two attached hydrogens (primary N) is 1. The lowest BCUT2D eigenvalue weighted by atomic mass is 10.0. The number of hydrogen-bond donors (Lipinski definition) is 2. The zero-order chi connectivity index (χ0) is 20.3. The number of ether oxygens (including phenoxy) is 1. The summed E-state index contributed by atoms with van der Waals surface area (Å²) in [5, 5.41) is 3.80. The predicted molar refractivity (Wildman–Crippen MR) is 111 cm³/mol. The van der Waals surface area contributed by atoms with Gasteiger partial charge >= 0.3 is 5.63 Å². The van der Waals surface area contributed by atoms with Crippen molar-refractivity contribution in [3.63, 3.8) is 0 Å². The number of likely N-dealkylation sites (N-methyl/N-ethyl adjacent to an activating group) is 1. The highest BCUT2D eigenvalue weighted by atomic mass is 35.5. The number of aryl methyl sites for hydroxylation is 1. The molecule has 0 aliphatic heterocycles. The van der Waals surface area contributed by atoms with Crippen LogP contribution in [-0.4, -0.2) is 27.7 Å². The van der Waals surface area contributed by atoms with E-state index in [9.17, 15) is 4.79 Å². The number of halogens is 1. The molecule has 0 bridgehead atoms. The van der Waals surface area contributed by atoms with Gasteiger partial charge in [0, 0.05) is 27.6 Å². The molecule has 6 heteroatoms. The van der Waals surface area contributed by atoms with E-state index in [0.717, 1.165) is 28.8 Å². The van der Waals surface area contributed by atoms with Gasteiger partial charge in [0.1, 0.15) is 24.4 Å². The largest absolute Gasteiger partial charge is 0.497 e. The Bertz CT molecular complexity index is 1010. The molecule has 5 nitrogen and oxygen atoms in total. The Hall–Kier alpha value is -2.34. The molecule has 0 radical (unpaired) electrons. The van der Waals surface area contributed by atoms with Crippen molar-refractivity contribution >= 4 is 22.6 Å². The highest BCUT2D eigenvalue weighted by Gasteiger charge is 2.20. The summed E-state index contributed by atoms with van der Waals surface area (Å²) in [4.78, 5) is 13.3. The van der Waals surface area contributed by atoms with Crippen LogP contribution in [0.3, 0.4) is 0 Å². The van der Waals surface area contributed by atoms with E-state index in [4.69, 9.17) is 20.8 Å². The van der Waals surface area contributed by atoms with Gasteiger partial charge in [-0.25, -0.2) is 4.79 Å². The second kappa shape index (κ2) is 8.78. The quantitative estimate of drug-likeness (QED) is 0.591. The Morgan fingerprint density at radius 1 is 1.18 bits per heavy atom. The van der Waals surface area contributed by atoms with Gasteiger partial charge in [-0.2, -0.15) is 0 Å². The number of hydrogen-bond acceptors (Lipinski definition) is 3. The lowest BCUT2D eigenvalue weighted by molar-refractivity contribution is -0.910. The van der Waals surface area contributed by atoms with Crippen molar-refractivity contribution in [1.82, 2.24) is 0 Å². The average molecular weight is 403 g/mol. The first kappa shape index (κ1) is 20.4. The lowest BCUT2D eigenvalue weighted by Gasteiger charge is -2.20. The highest BCUT2D eigenvalue weighted by molar-refractivity contribution is 6.32. The van der Waals surface area contributed by atoms with Crippen LogP contribution in [0.2, 0.25) is 5.02 Å². The molecular weight excluding hydrogens is 376 g/mol. The van der Waals surface area contributed by atoms with Crippen LogP contribution in [0.5, 0.6) is 5.75 Å². The second-order valence-electron chi connectivity index (χ2n) is 7.32. The van der Waals surface area contributed by atoms with Crippen LogP contribution in [0, 0.1) is 6.92 Å². The lowest BCUT2D eigenvalue weighted by Crippen LogP contribution is -3.09. The minimum atomic E-state index is -0.331. The third-order valence-electron chi connectivity index (χ3n) is 5.09. The second-order valence-corrected chi connectivity index (χ2v) is 7.73. The molecule has 1 heterocycles. The van der Waals surface area contributed by atoms with E-state index in [-0.39, 0.29) is 5.63 Å². The van der Waals surface area contributed by atoms with Crippen molar-refractivity contribution in [2.24, 2.45) is 0 Å². The van der Waals surface area contributed by atoms with Crippen molar-refractivity contribution in [3.8, 4) is 5.75 Å². The molecular formula is C22H27ClN2O3+2. The molecule has 0 unspecified atom stereocenters. The van der Waals surface area contributed by atoms with Gasteiger partial charge in [-0.1, -0.05) is 11.6 Å². The Kier molecular flexibility index (Phi) is 6.39. The number of benzene rings is 2. The van der Waals surface area contributed by atoms with Gasteiger partial charge in [-0.3, -0.25) is 0 Å². The van der Waals surface area contributed by atoms with Gasteiger partial charge in [0.25, 0.3) is 0 Å². The minimum Gasteiger partial charge on any atom is -0.497 e. The summed E-state index contributed by atoms with van der Waals surface area (Å²) in [7, 11) is 5.97. The van der Waals surface area contributed by atoms with E-state index in [1.807, 2.05) is 31.2 Å². The van der Waals surface area contributed by atoms with Crippen molar-refractivity contribution in [1.29, 1.82) is 0 Å². The Morgan fingerprint density at radius 3 is 2.54 bits per heavy atom. The maximum Gasteiger partial charge on any atom is 0.336 e. The zero-order valence-electron chi connectivity index (χ0n) is 16.7. The molecule has 0 fully saturated rings. The van der Waals surface area contributed by atoms with E-state index >= 15 is 0 Å². The summed E-state index contributed by atoms with van der Waals surface area (Å²) in [6.07, 6.45) is 0. The first-order valence-electron chi connectivity index (χ1n) is 9.37. The van der Waals surface area contributed by atoms with Gasteiger partial charge < -0.3 is 19.4 Å². The van der Waals surface area contributed by atoms with Crippen molar-refractivity contribution in [2.75, 3.05) is 27.7 Å². The van der Waals surface area contributed by atoms with E-state index in [1.165, 1.54) is 10.5 Å². The van der Waals surface area contributed by atoms with E-state index in [2.05, 4.69) is 31.5 Å². The molecule has 0 aliphatic rings. The molecule has 3 N–H and O–H groups in total. The monoisotopic (exact) mass is 402 g/mol. The third-order valence-corrected chi connectivity index (χ3v) is 5.50. The fraction of sp³-hybridized carbons (Fsp3) is 0.318. The van der Waals surface area contributed by atoms with Gasteiger partial charge in [-0.15, -0.1) is 0 Å². The van der Waals surface area contributed by atoms with Crippen LogP contribution in [0.4, 0.5) is 0 Å². The molecule has 0 aliphatic carbocycles. The van der Waals surface area contributed by atoms with E-state index < -0.39 is 0 Å². The maximum absolute atomic E-state index is 12.0. The molecule has 148 valence electrons. The molecule has 0 amide bonds. The number of nitrogens with one attached hydrogen (secondary N) is 1. The fourth-order valence-corrected chi connectivity index (χ4v) is 3.63. The van der Waals surface area contributed by atoms with E-state index in [1.54, 1.807) is 13.2 Å². The molecule has 1 aromatic heterocycles. The van der Waals surface area contributed by atoms with Gasteiger partial charge in [-0.05, 0) is 48.9 Å². The summed E-state index contributed by atoms with van der Waals surface area (Å²) in [6.45, 7) is 3.47. The van der Waals surface area contributed by atoms with Crippen LogP contribution in [-0.2, 0) is 6.54 Å². The maximum atomic E-state index is 12.0. The summed E-state index contributed by atoms with van der Waals surface area (Å²) in [6, 6.07) is 13.8. The van der Waals surface area contributed by atoms with Crippen molar-refractivity contribution in [3.05, 3.63) is 74.6 Å². The molecule has 2 aromatic carbocycles. The SMILES string of the molecule is COc1ccc([C@@H](C[NH2+]Cc2cc(=O)oc3cc(C)c(Cl)cc23)[NH+](C)C)cc1. The summed E-state index contributed by atoms with van der Waals surface area (Å²) >= 11 is 6.29. The topological polar surface area (TPSA) is 60.5 Å². The van der Waals surface area contributed by atoms with Crippen molar-refractivity contribution in [2.45, 2.75) is 19.5 Å². The number of methoxy groups -OCH3 is 1. The number of fused-ring (bicyclic) bond motifs is 1. The van der Waals surface area contributed by atoms with E-state index in [0.29, 0.717) is 23.2 Å². The first-order chi connectivity index (χ1) is 13.4. The number of rotatable bonds is 7. The van der Waals surface area contributed by atoms with Crippen LogP contribution >= 0.6 is 11.6 Å². The van der Waals surface area contributed by atoms with Gasteiger partial charge in [0.15, 0.2) is 6.04 Å². The van der Waals surface area contributed by atoms with Crippen LogP contribution in [0.15, 0.2) is 51.7 Å². The average Bonchev–Trinajstić information content (AvgIpc) is 2.66. The zero-order valence-corrected chi connectivity index (χ0v) is 17.5. The third kappa shape index (κ3) is 4.55. The summed E-state index contributed by atoms with van der Waals surface area (Å²) < 4.78 is 10.6. The predicted octanol–water partition coefficient (Wildman–Crippen LogP) is 1.71. The standard InChI is InChI=1S/C22H25ClN2O3/c1-14-9-21-18(11-19(14)23)16(10-22(26)28-21)12-24-13-20(25(2)3)15-5-7-17(27-4)8-6-15/h5-11,20,24H,12-13H2,1-4H3/p+2/t20-/m1/s1. The highest BCUT2D eigenvalue weighted by Crippen LogP contribution is 2.24. The Labute approximate surface area is 169 Å². The fourth-order valence-electron chi connectivity index (χ4n) is 3.46. The van der Waals surface area contributed by atoms with Crippen LogP contribution in [0.25, 0.3) is 11.0 Å². The molecule has 3 rings (SSSR count). The molecule has 1 atom stereocenters. The van der Waals surface area contributed by atoms with Crippen molar-refractivity contribution < 1.29 is 19.4 Å². The Balaban J connectivity index is 1.78. The molecule has 28 heavy (non-hydrogen) atoms. The minimum absolute atomic E-state index is 0.322. The molecule has 3 aromatic rings. The first-order valence-corrected chi connectivity index (χ1v) is 9.75. The van der Waals surface area contributed by atoms with Crippen LogP contribution < -0.4 is 20.6 Å².